The van der Waals surface area contributed by atoms with Crippen LogP contribution >= 0.6 is 24.0 Å². The maximum Gasteiger partial charge on any atom is 0.242 e. The molecule has 3 N–H and O–H groups in total. The van der Waals surface area contributed by atoms with Gasteiger partial charge in [0.25, 0.3) is 0 Å². The zero-order valence-electron chi connectivity index (χ0n) is 16.8. The van der Waals surface area contributed by atoms with Crippen LogP contribution in [-0.2, 0) is 10.0 Å². The number of pyridine rings is 1. The molecule has 2 aromatic rings. The van der Waals surface area contributed by atoms with E-state index in [0.717, 1.165) is 0 Å². The molecule has 0 aliphatic heterocycles. The summed E-state index contributed by atoms with van der Waals surface area (Å²) in [7, 11) is -3.59. The van der Waals surface area contributed by atoms with Crippen molar-refractivity contribution in [3.05, 3.63) is 54.6 Å². The van der Waals surface area contributed by atoms with Crippen LogP contribution in [0.4, 0.5) is 4.39 Å². The number of hydrogen-bond acceptors (Lipinski definition) is 5. The topological polar surface area (TPSA) is 105 Å². The maximum atomic E-state index is 12.9. The van der Waals surface area contributed by atoms with Crippen molar-refractivity contribution in [2.45, 2.75) is 24.8 Å². The normalized spacial score (nSPS) is 12.6. The third-order valence-corrected chi connectivity index (χ3v) is 5.10. The molecule has 1 atom stereocenters. The number of rotatable bonds is 10. The predicted molar refractivity (Wildman–Crippen MR) is 125 cm³/mol. The van der Waals surface area contributed by atoms with E-state index in [2.05, 4.69) is 25.3 Å². The van der Waals surface area contributed by atoms with Gasteiger partial charge < -0.3 is 15.4 Å². The van der Waals surface area contributed by atoms with Crippen molar-refractivity contribution >= 4 is 40.0 Å². The molecule has 0 saturated heterocycles. The van der Waals surface area contributed by atoms with Gasteiger partial charge in [-0.05, 0) is 50.2 Å². The van der Waals surface area contributed by atoms with E-state index in [-0.39, 0.29) is 47.3 Å². The van der Waals surface area contributed by atoms with Gasteiger partial charge in [0.15, 0.2) is 5.96 Å². The predicted octanol–water partition coefficient (Wildman–Crippen LogP) is 2.14. The fourth-order valence-electron chi connectivity index (χ4n) is 2.30. The molecule has 0 bridgehead atoms. The van der Waals surface area contributed by atoms with E-state index >= 15 is 0 Å². The van der Waals surface area contributed by atoms with Crippen LogP contribution < -0.4 is 20.1 Å². The number of sulfonamides is 1. The Labute approximate surface area is 193 Å². The highest BCUT2D eigenvalue weighted by atomic mass is 127. The number of ether oxygens (including phenoxy) is 1. The summed E-state index contributed by atoms with van der Waals surface area (Å²) >= 11 is 0. The summed E-state index contributed by atoms with van der Waals surface area (Å²) in [5.74, 6) is 0.792. The van der Waals surface area contributed by atoms with Gasteiger partial charge in [0, 0.05) is 32.0 Å². The number of hydrogen-bond donors (Lipinski definition) is 3. The second kappa shape index (κ2) is 13.3. The van der Waals surface area contributed by atoms with Crippen LogP contribution in [0.2, 0.25) is 0 Å². The van der Waals surface area contributed by atoms with Crippen LogP contribution in [0.15, 0.2) is 58.7 Å². The van der Waals surface area contributed by atoms with Crippen LogP contribution in [0.25, 0.3) is 0 Å². The molecular formula is C19H27FIN5O3S. The lowest BCUT2D eigenvalue weighted by atomic mass is 10.3. The van der Waals surface area contributed by atoms with Gasteiger partial charge >= 0.3 is 0 Å². The summed E-state index contributed by atoms with van der Waals surface area (Å²) in [5.41, 5.74) is 0. The molecule has 1 unspecified atom stereocenters. The molecule has 2 rings (SSSR count). The van der Waals surface area contributed by atoms with Crippen LogP contribution in [0.5, 0.6) is 5.75 Å². The molecular weight excluding hydrogens is 524 g/mol. The highest BCUT2D eigenvalue weighted by Crippen LogP contribution is 2.13. The lowest BCUT2D eigenvalue weighted by Gasteiger charge is -2.15. The van der Waals surface area contributed by atoms with Gasteiger partial charge in [-0.3, -0.25) is 4.98 Å². The monoisotopic (exact) mass is 551 g/mol. The number of benzene rings is 1. The van der Waals surface area contributed by atoms with Gasteiger partial charge in [0.05, 0.1) is 6.54 Å². The molecule has 0 aliphatic carbocycles. The average molecular weight is 551 g/mol. The first kappa shape index (κ1) is 26.0. The Bertz CT molecular complexity index is 883. The molecule has 30 heavy (non-hydrogen) atoms. The molecule has 1 heterocycles. The Kier molecular flexibility index (Phi) is 11.6. The third kappa shape index (κ3) is 9.22. The number of nitrogens with zero attached hydrogens (tertiary/aromatic N) is 2. The minimum Gasteiger partial charge on any atom is -0.489 e. The first-order valence-corrected chi connectivity index (χ1v) is 10.7. The van der Waals surface area contributed by atoms with Gasteiger partial charge in [-0.15, -0.1) is 24.0 Å². The molecule has 0 radical (unpaired) electrons. The zero-order valence-corrected chi connectivity index (χ0v) is 20.0. The van der Waals surface area contributed by atoms with Gasteiger partial charge in [-0.25, -0.2) is 22.5 Å². The lowest BCUT2D eigenvalue weighted by molar-refractivity contribution is 0.230. The van der Waals surface area contributed by atoms with E-state index in [1.54, 1.807) is 18.2 Å². The summed E-state index contributed by atoms with van der Waals surface area (Å²) < 4.78 is 45.4. The van der Waals surface area contributed by atoms with E-state index in [4.69, 9.17) is 4.74 Å². The van der Waals surface area contributed by atoms with Crippen molar-refractivity contribution < 1.29 is 17.5 Å². The van der Waals surface area contributed by atoms with Crippen LogP contribution in [-0.4, -0.2) is 51.6 Å². The SMILES string of the molecule is CCNC(=NCC(C)Oc1ccc(F)cc1)NCCNS(=O)(=O)c1cccnc1.I. The van der Waals surface area contributed by atoms with E-state index in [0.29, 0.717) is 31.3 Å². The summed E-state index contributed by atoms with van der Waals surface area (Å²) in [6.45, 7) is 5.34. The van der Waals surface area contributed by atoms with Crippen LogP contribution in [0, 0.1) is 5.82 Å². The highest BCUT2D eigenvalue weighted by molar-refractivity contribution is 14.0. The molecule has 1 aromatic heterocycles. The standard InChI is InChI=1S/C19H26FN5O3S.HI/c1-3-22-19(24-13-15(2)28-17-8-6-16(20)7-9-17)23-11-12-25-29(26,27)18-5-4-10-21-14-18;/h4-10,14-15,25H,3,11-13H2,1-2H3,(H2,22,23,24);1H. The van der Waals surface area contributed by atoms with Crippen molar-refractivity contribution in [2.24, 2.45) is 4.99 Å². The second-order valence-corrected chi connectivity index (χ2v) is 7.88. The Hall–Kier alpha value is -1.99. The van der Waals surface area contributed by atoms with E-state index < -0.39 is 10.0 Å². The third-order valence-electron chi connectivity index (χ3n) is 3.66. The van der Waals surface area contributed by atoms with Crippen molar-refractivity contribution in [2.75, 3.05) is 26.2 Å². The number of aliphatic imine (C=N–C) groups is 1. The number of nitrogens with one attached hydrogen (secondary N) is 3. The summed E-state index contributed by atoms with van der Waals surface area (Å²) in [5, 5.41) is 6.15. The highest BCUT2D eigenvalue weighted by Gasteiger charge is 2.13. The first-order chi connectivity index (χ1) is 13.9. The summed E-state index contributed by atoms with van der Waals surface area (Å²) in [6, 6.07) is 8.85. The molecule has 166 valence electrons. The molecule has 0 fully saturated rings. The fraction of sp³-hybridized carbons (Fsp3) is 0.368. The molecule has 8 nitrogen and oxygen atoms in total. The Morgan fingerprint density at radius 1 is 1.20 bits per heavy atom. The minimum absolute atomic E-state index is 0. The molecule has 11 heteroatoms. The molecule has 1 aromatic carbocycles. The summed E-state index contributed by atoms with van der Waals surface area (Å²) in [4.78, 5) is 8.36. The van der Waals surface area contributed by atoms with Crippen molar-refractivity contribution in [3.63, 3.8) is 0 Å². The molecule has 0 spiro atoms. The largest absolute Gasteiger partial charge is 0.489 e. The van der Waals surface area contributed by atoms with E-state index in [1.165, 1.54) is 30.6 Å². The lowest BCUT2D eigenvalue weighted by Crippen LogP contribution is -2.42. The Morgan fingerprint density at radius 2 is 1.93 bits per heavy atom. The molecule has 0 saturated carbocycles. The number of guanidine groups is 1. The van der Waals surface area contributed by atoms with Gasteiger partial charge in [-0.2, -0.15) is 0 Å². The van der Waals surface area contributed by atoms with Crippen molar-refractivity contribution in [3.8, 4) is 5.75 Å². The molecule has 0 amide bonds. The van der Waals surface area contributed by atoms with E-state index in [9.17, 15) is 12.8 Å². The number of aromatic nitrogens is 1. The average Bonchev–Trinajstić information content (AvgIpc) is 2.71. The van der Waals surface area contributed by atoms with Gasteiger partial charge in [0.1, 0.15) is 22.6 Å². The van der Waals surface area contributed by atoms with Gasteiger partial charge in [0.2, 0.25) is 10.0 Å². The van der Waals surface area contributed by atoms with Gasteiger partial charge in [-0.1, -0.05) is 0 Å². The zero-order chi connectivity index (χ0) is 21.1. The maximum absolute atomic E-state index is 12.9. The van der Waals surface area contributed by atoms with Crippen LogP contribution in [0.3, 0.4) is 0 Å². The number of halogens is 2. The summed E-state index contributed by atoms with van der Waals surface area (Å²) in [6.07, 6.45) is 2.59. The fourth-order valence-corrected chi connectivity index (χ4v) is 3.29. The molecule has 0 aliphatic rings. The van der Waals surface area contributed by atoms with E-state index in [1.807, 2.05) is 13.8 Å². The van der Waals surface area contributed by atoms with Crippen molar-refractivity contribution in [1.82, 2.24) is 20.3 Å². The smallest absolute Gasteiger partial charge is 0.242 e. The van der Waals surface area contributed by atoms with Crippen LogP contribution in [0.1, 0.15) is 13.8 Å². The Morgan fingerprint density at radius 3 is 2.57 bits per heavy atom. The van der Waals surface area contributed by atoms with Crippen molar-refractivity contribution in [1.29, 1.82) is 0 Å². The quantitative estimate of drug-likeness (QED) is 0.181. The second-order valence-electron chi connectivity index (χ2n) is 6.12. The first-order valence-electron chi connectivity index (χ1n) is 9.25. The Balaban J connectivity index is 0.00000450. The minimum atomic E-state index is -3.59.